The Hall–Kier alpha value is -0.160. The molecule has 1 atom stereocenters. The summed E-state index contributed by atoms with van der Waals surface area (Å²) in [5.41, 5.74) is 0.694. The second kappa shape index (κ2) is 8.06. The summed E-state index contributed by atoms with van der Waals surface area (Å²) < 4.78 is 5.97. The molecular formula is C22H41N3O. The van der Waals surface area contributed by atoms with Gasteiger partial charge in [-0.2, -0.15) is 0 Å². The van der Waals surface area contributed by atoms with Gasteiger partial charge in [-0.25, -0.2) is 0 Å². The number of hydrogen-bond donors (Lipinski definition) is 0. The van der Waals surface area contributed by atoms with Crippen molar-refractivity contribution in [1.82, 2.24) is 14.7 Å². The van der Waals surface area contributed by atoms with Crippen LogP contribution in [0.1, 0.15) is 52.4 Å². The standard InChI is InChI=1S/C22H41N3O/c1-18(2)21-17-25(12-13-26-21)20-14-22(15-20)6-10-24(11-7-22)16-19-4-8-23(3)9-5-19/h18-21H,4-17H2,1-3H3/t21-/m0/s1. The third-order valence-electron chi connectivity index (χ3n) is 7.99. The van der Waals surface area contributed by atoms with Crippen molar-refractivity contribution >= 4 is 0 Å². The fourth-order valence-electron chi connectivity index (χ4n) is 5.86. The van der Waals surface area contributed by atoms with E-state index in [1.807, 2.05) is 0 Å². The molecule has 1 saturated carbocycles. The highest BCUT2D eigenvalue weighted by atomic mass is 16.5. The Balaban J connectivity index is 1.19. The lowest BCUT2D eigenvalue weighted by molar-refractivity contribution is -0.108. The van der Waals surface area contributed by atoms with Gasteiger partial charge in [-0.05, 0) is 89.0 Å². The second-order valence-corrected chi connectivity index (χ2v) is 10.3. The van der Waals surface area contributed by atoms with Crippen LogP contribution < -0.4 is 0 Å². The molecular weight excluding hydrogens is 322 g/mol. The van der Waals surface area contributed by atoms with Gasteiger partial charge in [0.15, 0.2) is 0 Å². The van der Waals surface area contributed by atoms with Gasteiger partial charge in [0, 0.05) is 25.7 Å². The summed E-state index contributed by atoms with van der Waals surface area (Å²) in [5, 5.41) is 0. The van der Waals surface area contributed by atoms with Gasteiger partial charge in [-0.3, -0.25) is 4.90 Å². The first-order valence-corrected chi connectivity index (χ1v) is 11.3. The molecule has 0 radical (unpaired) electrons. The minimum absolute atomic E-state index is 0.455. The van der Waals surface area contributed by atoms with Crippen molar-refractivity contribution in [3.8, 4) is 0 Å². The number of hydrogen-bond acceptors (Lipinski definition) is 4. The van der Waals surface area contributed by atoms with E-state index in [4.69, 9.17) is 4.74 Å². The quantitative estimate of drug-likeness (QED) is 0.764. The lowest BCUT2D eigenvalue weighted by Gasteiger charge is -2.56. The SMILES string of the molecule is CC(C)[C@@H]1CN(C2CC3(CCN(CC4CCN(C)CC4)CC3)C2)CCO1. The lowest BCUT2D eigenvalue weighted by atomic mass is 9.60. The highest BCUT2D eigenvalue weighted by Crippen LogP contribution is 2.51. The molecule has 4 nitrogen and oxygen atoms in total. The summed E-state index contributed by atoms with van der Waals surface area (Å²) in [5.74, 6) is 1.60. The zero-order chi connectivity index (χ0) is 18.1. The van der Waals surface area contributed by atoms with Crippen LogP contribution in [-0.2, 0) is 4.74 Å². The molecule has 3 aliphatic heterocycles. The predicted octanol–water partition coefficient (Wildman–Crippen LogP) is 2.93. The van der Waals surface area contributed by atoms with E-state index in [-0.39, 0.29) is 0 Å². The van der Waals surface area contributed by atoms with Gasteiger partial charge in [-0.15, -0.1) is 0 Å². The van der Waals surface area contributed by atoms with Crippen LogP contribution in [0.15, 0.2) is 0 Å². The fraction of sp³-hybridized carbons (Fsp3) is 1.00. The first-order valence-electron chi connectivity index (χ1n) is 11.3. The molecule has 3 heterocycles. The number of nitrogens with zero attached hydrogens (tertiary/aromatic N) is 3. The van der Waals surface area contributed by atoms with Crippen LogP contribution in [0, 0.1) is 17.3 Å². The van der Waals surface area contributed by atoms with Crippen LogP contribution in [0.25, 0.3) is 0 Å². The van der Waals surface area contributed by atoms with Gasteiger partial charge in [0.2, 0.25) is 0 Å². The Morgan fingerprint density at radius 2 is 1.69 bits per heavy atom. The zero-order valence-corrected chi connectivity index (χ0v) is 17.5. The Bertz CT molecular complexity index is 444. The minimum atomic E-state index is 0.455. The van der Waals surface area contributed by atoms with Gasteiger partial charge < -0.3 is 14.5 Å². The largest absolute Gasteiger partial charge is 0.375 e. The van der Waals surface area contributed by atoms with E-state index in [1.165, 1.54) is 77.8 Å². The van der Waals surface area contributed by atoms with Crippen molar-refractivity contribution in [2.45, 2.75) is 64.5 Å². The molecule has 4 aliphatic rings. The summed E-state index contributed by atoms with van der Waals surface area (Å²) in [7, 11) is 2.27. The van der Waals surface area contributed by atoms with E-state index in [0.717, 1.165) is 25.1 Å². The average Bonchev–Trinajstić information content (AvgIpc) is 2.62. The Kier molecular flexibility index (Phi) is 5.95. The summed E-state index contributed by atoms with van der Waals surface area (Å²) in [4.78, 5) is 8.04. The van der Waals surface area contributed by atoms with Crippen molar-refractivity contribution < 1.29 is 4.74 Å². The third kappa shape index (κ3) is 4.29. The molecule has 4 fully saturated rings. The molecule has 1 spiro atoms. The fourth-order valence-corrected chi connectivity index (χ4v) is 5.86. The van der Waals surface area contributed by atoms with Crippen LogP contribution in [0.2, 0.25) is 0 Å². The third-order valence-corrected chi connectivity index (χ3v) is 7.99. The molecule has 0 amide bonds. The molecule has 0 N–H and O–H groups in total. The van der Waals surface area contributed by atoms with Crippen molar-refractivity contribution in [1.29, 1.82) is 0 Å². The van der Waals surface area contributed by atoms with Gasteiger partial charge in [-0.1, -0.05) is 13.8 Å². The summed E-state index contributed by atoms with van der Waals surface area (Å²) in [6, 6.07) is 0.848. The van der Waals surface area contributed by atoms with Crippen LogP contribution >= 0.6 is 0 Å². The highest BCUT2D eigenvalue weighted by molar-refractivity contribution is 5.02. The van der Waals surface area contributed by atoms with Crippen molar-refractivity contribution in [2.24, 2.45) is 17.3 Å². The van der Waals surface area contributed by atoms with E-state index in [0.29, 0.717) is 17.4 Å². The summed E-state index contributed by atoms with van der Waals surface area (Å²) >= 11 is 0. The molecule has 0 aromatic carbocycles. The van der Waals surface area contributed by atoms with E-state index in [2.05, 4.69) is 35.6 Å². The number of rotatable bonds is 4. The van der Waals surface area contributed by atoms with Gasteiger partial charge in [0.25, 0.3) is 0 Å². The first-order chi connectivity index (χ1) is 12.5. The summed E-state index contributed by atoms with van der Waals surface area (Å²) in [6.45, 7) is 14.6. The predicted molar refractivity (Wildman–Crippen MR) is 108 cm³/mol. The van der Waals surface area contributed by atoms with E-state index >= 15 is 0 Å². The van der Waals surface area contributed by atoms with Crippen molar-refractivity contribution in [3.63, 3.8) is 0 Å². The molecule has 3 saturated heterocycles. The van der Waals surface area contributed by atoms with E-state index < -0.39 is 0 Å². The van der Waals surface area contributed by atoms with Crippen LogP contribution in [-0.4, -0.2) is 86.3 Å². The molecule has 26 heavy (non-hydrogen) atoms. The maximum absolute atomic E-state index is 5.97. The van der Waals surface area contributed by atoms with E-state index in [9.17, 15) is 0 Å². The average molecular weight is 364 g/mol. The topological polar surface area (TPSA) is 19.0 Å². The van der Waals surface area contributed by atoms with Crippen LogP contribution in [0.4, 0.5) is 0 Å². The molecule has 1 aliphatic carbocycles. The summed E-state index contributed by atoms with van der Waals surface area (Å²) in [6.07, 6.45) is 9.10. The molecule has 0 aromatic heterocycles. The maximum Gasteiger partial charge on any atom is 0.0725 e. The first kappa shape index (κ1) is 19.2. The van der Waals surface area contributed by atoms with Gasteiger partial charge in [0.05, 0.1) is 12.7 Å². The lowest BCUT2D eigenvalue weighted by Crippen LogP contribution is -2.59. The molecule has 4 heteroatoms. The molecule has 0 aromatic rings. The van der Waals surface area contributed by atoms with Gasteiger partial charge >= 0.3 is 0 Å². The maximum atomic E-state index is 5.97. The molecule has 150 valence electrons. The smallest absolute Gasteiger partial charge is 0.0725 e. The Morgan fingerprint density at radius 3 is 2.35 bits per heavy atom. The van der Waals surface area contributed by atoms with Crippen molar-refractivity contribution in [2.75, 3.05) is 59.5 Å². The number of ether oxygens (including phenoxy) is 1. The normalized spacial score (nSPS) is 33.0. The Morgan fingerprint density at radius 1 is 1.00 bits per heavy atom. The zero-order valence-electron chi connectivity index (χ0n) is 17.5. The van der Waals surface area contributed by atoms with Crippen molar-refractivity contribution in [3.05, 3.63) is 0 Å². The molecule has 0 unspecified atom stereocenters. The Labute approximate surface area is 161 Å². The number of piperidine rings is 2. The number of morpholine rings is 1. The monoisotopic (exact) mass is 363 g/mol. The van der Waals surface area contributed by atoms with Gasteiger partial charge in [0.1, 0.15) is 0 Å². The van der Waals surface area contributed by atoms with Crippen LogP contribution in [0.5, 0.6) is 0 Å². The molecule has 4 rings (SSSR count). The highest BCUT2D eigenvalue weighted by Gasteiger charge is 2.48. The number of likely N-dealkylation sites (tertiary alicyclic amines) is 2. The minimum Gasteiger partial charge on any atom is -0.375 e. The van der Waals surface area contributed by atoms with Crippen LogP contribution in [0.3, 0.4) is 0 Å². The second-order valence-electron chi connectivity index (χ2n) is 10.3. The molecule has 0 bridgehead atoms. The van der Waals surface area contributed by atoms with E-state index in [1.54, 1.807) is 0 Å².